The summed E-state index contributed by atoms with van der Waals surface area (Å²) in [6.07, 6.45) is -1.21. The second-order valence-electron chi connectivity index (χ2n) is 8.33. The van der Waals surface area contributed by atoms with E-state index in [1.165, 1.54) is 31.2 Å². The third-order valence-electron chi connectivity index (χ3n) is 5.37. The predicted octanol–water partition coefficient (Wildman–Crippen LogP) is 2.91. The first-order valence-corrected chi connectivity index (χ1v) is 12.4. The van der Waals surface area contributed by atoms with Crippen LogP contribution in [0.2, 0.25) is 0 Å². The number of esters is 1. The summed E-state index contributed by atoms with van der Waals surface area (Å²) in [5.74, 6) is -1.08. The summed E-state index contributed by atoms with van der Waals surface area (Å²) >= 11 is 0. The fraction of sp³-hybridized carbons (Fsp3) is 0.417. The van der Waals surface area contributed by atoms with E-state index in [9.17, 15) is 18.0 Å². The molecule has 4 unspecified atom stereocenters. The maximum atomic E-state index is 12.9. The van der Waals surface area contributed by atoms with E-state index in [2.05, 4.69) is 4.72 Å². The standard InChI is InChI=1S/C24H30N2O6S/c1-16-14-26(15-17(2)31-16)23(27)19(4)32-24(28)21-11-8-12-22(13-21)33(29,30)25-18(3)20-9-6-5-7-10-20/h5-13,16-19,25H,14-15H2,1-4H3. The van der Waals surface area contributed by atoms with Gasteiger partial charge in [0.15, 0.2) is 6.10 Å². The molecule has 33 heavy (non-hydrogen) atoms. The van der Waals surface area contributed by atoms with Gasteiger partial charge < -0.3 is 14.4 Å². The van der Waals surface area contributed by atoms with E-state index in [0.29, 0.717) is 13.1 Å². The van der Waals surface area contributed by atoms with Crippen LogP contribution in [0.5, 0.6) is 0 Å². The SMILES string of the molecule is CC1CN(C(=O)C(C)OC(=O)c2cccc(S(=O)(=O)NC(C)c3ccccc3)c2)CC(C)O1. The number of hydrogen-bond acceptors (Lipinski definition) is 6. The molecule has 0 radical (unpaired) electrons. The van der Waals surface area contributed by atoms with Gasteiger partial charge in [-0.25, -0.2) is 17.9 Å². The highest BCUT2D eigenvalue weighted by Crippen LogP contribution is 2.19. The van der Waals surface area contributed by atoms with E-state index in [1.807, 2.05) is 44.2 Å². The van der Waals surface area contributed by atoms with Crippen molar-refractivity contribution in [2.45, 2.75) is 56.9 Å². The molecule has 1 fully saturated rings. The number of carbonyl (C=O) groups is 2. The first-order chi connectivity index (χ1) is 15.6. The monoisotopic (exact) mass is 474 g/mol. The Hall–Kier alpha value is -2.75. The fourth-order valence-corrected chi connectivity index (χ4v) is 5.07. The van der Waals surface area contributed by atoms with Gasteiger partial charge in [0.25, 0.3) is 5.91 Å². The van der Waals surface area contributed by atoms with Crippen molar-refractivity contribution in [3.05, 3.63) is 65.7 Å². The third kappa shape index (κ3) is 6.40. The molecule has 1 amide bonds. The molecule has 1 saturated heterocycles. The Bertz CT molecular complexity index is 1080. The summed E-state index contributed by atoms with van der Waals surface area (Å²) in [5.41, 5.74) is 0.865. The van der Waals surface area contributed by atoms with Gasteiger partial charge in [-0.05, 0) is 51.5 Å². The normalized spacial score (nSPS) is 20.7. The van der Waals surface area contributed by atoms with Crippen LogP contribution in [0.15, 0.2) is 59.5 Å². The molecule has 0 aromatic heterocycles. The lowest BCUT2D eigenvalue weighted by atomic mass is 10.1. The van der Waals surface area contributed by atoms with Gasteiger partial charge in [-0.2, -0.15) is 0 Å². The topological polar surface area (TPSA) is 102 Å². The maximum absolute atomic E-state index is 12.9. The highest BCUT2D eigenvalue weighted by atomic mass is 32.2. The number of benzene rings is 2. The molecule has 9 heteroatoms. The number of ether oxygens (including phenoxy) is 2. The van der Waals surface area contributed by atoms with Crippen LogP contribution < -0.4 is 4.72 Å². The number of nitrogens with zero attached hydrogens (tertiary/aromatic N) is 1. The number of carbonyl (C=O) groups excluding carboxylic acids is 2. The number of rotatable bonds is 7. The van der Waals surface area contributed by atoms with E-state index >= 15 is 0 Å². The molecule has 0 saturated carbocycles. The summed E-state index contributed by atoms with van der Waals surface area (Å²) in [6, 6.07) is 14.3. The van der Waals surface area contributed by atoms with Crippen molar-refractivity contribution in [3.63, 3.8) is 0 Å². The second-order valence-corrected chi connectivity index (χ2v) is 10.0. The van der Waals surface area contributed by atoms with Gasteiger partial charge in [-0.3, -0.25) is 4.79 Å². The molecule has 4 atom stereocenters. The third-order valence-corrected chi connectivity index (χ3v) is 6.91. The lowest BCUT2D eigenvalue weighted by Gasteiger charge is -2.36. The summed E-state index contributed by atoms with van der Waals surface area (Å²) in [5, 5.41) is 0. The van der Waals surface area contributed by atoms with E-state index in [4.69, 9.17) is 9.47 Å². The van der Waals surface area contributed by atoms with Crippen molar-refractivity contribution < 1.29 is 27.5 Å². The molecule has 3 rings (SSSR count). The van der Waals surface area contributed by atoms with Crippen molar-refractivity contribution in [1.29, 1.82) is 0 Å². The van der Waals surface area contributed by atoms with Crippen LogP contribution in [0.3, 0.4) is 0 Å². The molecule has 8 nitrogen and oxygen atoms in total. The van der Waals surface area contributed by atoms with Crippen molar-refractivity contribution in [2.75, 3.05) is 13.1 Å². The Balaban J connectivity index is 1.68. The second kappa shape index (κ2) is 10.5. The molecular formula is C24H30N2O6S. The maximum Gasteiger partial charge on any atom is 0.338 e. The van der Waals surface area contributed by atoms with E-state index in [1.54, 1.807) is 11.8 Å². The Morgan fingerprint density at radius 3 is 2.30 bits per heavy atom. The Labute approximate surface area is 194 Å². The van der Waals surface area contributed by atoms with Crippen LogP contribution in [0.1, 0.15) is 49.7 Å². The minimum absolute atomic E-state index is 0.0496. The number of sulfonamides is 1. The van der Waals surface area contributed by atoms with Gasteiger partial charge >= 0.3 is 5.97 Å². The van der Waals surface area contributed by atoms with Crippen LogP contribution in [0.4, 0.5) is 0 Å². The van der Waals surface area contributed by atoms with Crippen LogP contribution in [-0.4, -0.2) is 56.6 Å². The van der Waals surface area contributed by atoms with Crippen LogP contribution in [0, 0.1) is 0 Å². The molecule has 178 valence electrons. The van der Waals surface area contributed by atoms with Crippen LogP contribution >= 0.6 is 0 Å². The van der Waals surface area contributed by atoms with Crippen molar-refractivity contribution in [2.24, 2.45) is 0 Å². The lowest BCUT2D eigenvalue weighted by Crippen LogP contribution is -2.51. The zero-order valence-electron chi connectivity index (χ0n) is 19.2. The van der Waals surface area contributed by atoms with E-state index in [0.717, 1.165) is 5.56 Å². The highest BCUT2D eigenvalue weighted by molar-refractivity contribution is 7.89. The van der Waals surface area contributed by atoms with Gasteiger partial charge in [0.05, 0.1) is 22.7 Å². The number of hydrogen-bond donors (Lipinski definition) is 1. The van der Waals surface area contributed by atoms with Gasteiger partial charge in [0, 0.05) is 19.1 Å². The molecule has 1 aliphatic rings. The molecular weight excluding hydrogens is 444 g/mol. The molecule has 2 aromatic carbocycles. The van der Waals surface area contributed by atoms with Crippen LogP contribution in [-0.2, 0) is 24.3 Å². The summed E-state index contributed by atoms with van der Waals surface area (Å²) in [7, 11) is -3.88. The molecule has 1 N–H and O–H groups in total. The van der Waals surface area contributed by atoms with E-state index in [-0.39, 0.29) is 28.6 Å². The number of nitrogens with one attached hydrogen (secondary N) is 1. The quantitative estimate of drug-likeness (QED) is 0.619. The first-order valence-electron chi connectivity index (χ1n) is 10.9. The lowest BCUT2D eigenvalue weighted by molar-refractivity contribution is -0.151. The largest absolute Gasteiger partial charge is 0.449 e. The Morgan fingerprint density at radius 1 is 1.03 bits per heavy atom. The summed E-state index contributed by atoms with van der Waals surface area (Å²) in [4.78, 5) is 26.9. The molecule has 1 heterocycles. The van der Waals surface area contributed by atoms with Crippen molar-refractivity contribution in [1.82, 2.24) is 9.62 Å². The number of amides is 1. The minimum Gasteiger partial charge on any atom is -0.449 e. The fourth-order valence-electron chi connectivity index (χ4n) is 3.79. The summed E-state index contributed by atoms with van der Waals surface area (Å²) < 4.78 is 39.3. The zero-order valence-corrected chi connectivity index (χ0v) is 20.0. The zero-order chi connectivity index (χ0) is 24.2. The Kier molecular flexibility index (Phi) is 7.88. The summed E-state index contributed by atoms with van der Waals surface area (Å²) in [6.45, 7) is 7.85. The van der Waals surface area contributed by atoms with Crippen molar-refractivity contribution in [3.8, 4) is 0 Å². The van der Waals surface area contributed by atoms with Gasteiger partial charge in [-0.1, -0.05) is 36.4 Å². The number of morpholine rings is 1. The molecule has 0 spiro atoms. The average molecular weight is 475 g/mol. The van der Waals surface area contributed by atoms with Crippen molar-refractivity contribution >= 4 is 21.9 Å². The van der Waals surface area contributed by atoms with Gasteiger partial charge in [0.1, 0.15) is 0 Å². The smallest absolute Gasteiger partial charge is 0.338 e. The van der Waals surface area contributed by atoms with Crippen LogP contribution in [0.25, 0.3) is 0 Å². The molecule has 1 aliphatic heterocycles. The minimum atomic E-state index is -3.88. The van der Waals surface area contributed by atoms with Gasteiger partial charge in [-0.15, -0.1) is 0 Å². The Morgan fingerprint density at radius 2 is 1.67 bits per heavy atom. The van der Waals surface area contributed by atoms with Gasteiger partial charge in [0.2, 0.25) is 10.0 Å². The first kappa shape index (κ1) is 24.9. The highest BCUT2D eigenvalue weighted by Gasteiger charge is 2.31. The molecule has 0 bridgehead atoms. The molecule has 0 aliphatic carbocycles. The predicted molar refractivity (Wildman–Crippen MR) is 123 cm³/mol. The average Bonchev–Trinajstić information content (AvgIpc) is 2.78. The van der Waals surface area contributed by atoms with E-state index < -0.39 is 28.1 Å². The molecule has 2 aromatic rings.